The second kappa shape index (κ2) is 13.4. The molecule has 0 amide bonds. The first-order valence-corrected chi connectivity index (χ1v) is 10.3. The van der Waals surface area contributed by atoms with Gasteiger partial charge in [-0.05, 0) is 24.7 Å². The minimum atomic E-state index is 0.243. The molecule has 1 atom stereocenters. The Labute approximate surface area is 175 Å². The third-order valence-electron chi connectivity index (χ3n) is 5.14. The molecule has 2 N–H and O–H groups in total. The van der Waals surface area contributed by atoms with Crippen molar-refractivity contribution in [2.75, 3.05) is 87.4 Å². The molecule has 1 aliphatic heterocycles. The molecule has 29 heavy (non-hydrogen) atoms. The van der Waals surface area contributed by atoms with Gasteiger partial charge in [0, 0.05) is 53.4 Å². The molecule has 1 aromatic carbocycles. The maximum atomic E-state index is 5.54. The summed E-state index contributed by atoms with van der Waals surface area (Å²) in [6, 6.07) is 8.56. The van der Waals surface area contributed by atoms with Crippen LogP contribution in [0.5, 0.6) is 5.75 Å². The summed E-state index contributed by atoms with van der Waals surface area (Å²) in [5.74, 6) is 1.69. The highest BCUT2D eigenvalue weighted by Gasteiger charge is 2.23. The van der Waals surface area contributed by atoms with Gasteiger partial charge >= 0.3 is 0 Å². The molecule has 1 unspecified atom stereocenters. The van der Waals surface area contributed by atoms with Crippen LogP contribution in [0.25, 0.3) is 0 Å². The number of benzene rings is 1. The number of likely N-dealkylation sites (N-methyl/N-ethyl adjacent to an activating group) is 1. The third kappa shape index (κ3) is 8.18. The molecule has 0 radical (unpaired) electrons. The maximum absolute atomic E-state index is 5.54. The lowest BCUT2D eigenvalue weighted by Gasteiger charge is -2.35. The molecule has 1 aliphatic rings. The van der Waals surface area contributed by atoms with Gasteiger partial charge < -0.3 is 29.7 Å². The van der Waals surface area contributed by atoms with E-state index in [9.17, 15) is 0 Å². The highest BCUT2D eigenvalue weighted by atomic mass is 16.5. The van der Waals surface area contributed by atoms with E-state index >= 15 is 0 Å². The maximum Gasteiger partial charge on any atom is 0.191 e. The number of nitrogens with zero attached hydrogens (tertiary/aromatic N) is 3. The van der Waals surface area contributed by atoms with Crippen LogP contribution in [-0.4, -0.2) is 103 Å². The van der Waals surface area contributed by atoms with Crippen LogP contribution >= 0.6 is 0 Å². The summed E-state index contributed by atoms with van der Waals surface area (Å²) in [4.78, 5) is 9.07. The average molecular weight is 408 g/mol. The molecule has 0 aromatic heterocycles. The molecule has 0 spiro atoms. The van der Waals surface area contributed by atoms with Gasteiger partial charge in [-0.25, -0.2) is 0 Å². The van der Waals surface area contributed by atoms with Crippen LogP contribution in [-0.2, 0) is 9.47 Å². The number of nitrogens with one attached hydrogen (secondary N) is 2. The molecule has 8 nitrogen and oxygen atoms in total. The zero-order chi connectivity index (χ0) is 20.9. The van der Waals surface area contributed by atoms with Crippen LogP contribution in [0.1, 0.15) is 11.6 Å². The molecule has 2 rings (SSSR count). The van der Waals surface area contributed by atoms with Gasteiger partial charge in [0.25, 0.3) is 0 Å². The summed E-state index contributed by atoms with van der Waals surface area (Å²) in [6.07, 6.45) is 0. The van der Waals surface area contributed by atoms with Gasteiger partial charge in [0.15, 0.2) is 5.96 Å². The zero-order valence-electron chi connectivity index (χ0n) is 18.3. The van der Waals surface area contributed by atoms with E-state index in [2.05, 4.69) is 44.6 Å². The summed E-state index contributed by atoms with van der Waals surface area (Å²) in [6.45, 7) is 7.57. The highest BCUT2D eigenvalue weighted by Crippen LogP contribution is 2.23. The molecule has 0 bridgehead atoms. The van der Waals surface area contributed by atoms with Gasteiger partial charge in [0.05, 0.1) is 33.0 Å². The quantitative estimate of drug-likeness (QED) is 0.416. The number of guanidine groups is 1. The number of methoxy groups -OCH3 is 2. The third-order valence-corrected chi connectivity index (χ3v) is 5.14. The van der Waals surface area contributed by atoms with Crippen molar-refractivity contribution in [2.45, 2.75) is 6.04 Å². The van der Waals surface area contributed by atoms with E-state index in [1.165, 1.54) is 5.56 Å². The van der Waals surface area contributed by atoms with E-state index in [-0.39, 0.29) is 6.04 Å². The van der Waals surface area contributed by atoms with E-state index in [1.807, 2.05) is 12.1 Å². The van der Waals surface area contributed by atoms with Crippen molar-refractivity contribution in [3.63, 3.8) is 0 Å². The second-order valence-corrected chi connectivity index (χ2v) is 7.11. The number of ether oxygens (including phenoxy) is 3. The fourth-order valence-corrected chi connectivity index (χ4v) is 3.31. The normalized spacial score (nSPS) is 16.7. The van der Waals surface area contributed by atoms with Crippen molar-refractivity contribution in [2.24, 2.45) is 4.99 Å². The van der Waals surface area contributed by atoms with Crippen LogP contribution in [0.2, 0.25) is 0 Å². The summed E-state index contributed by atoms with van der Waals surface area (Å²) < 4.78 is 16.0. The molecular formula is C21H37N5O3. The van der Waals surface area contributed by atoms with Gasteiger partial charge in [-0.2, -0.15) is 0 Å². The smallest absolute Gasteiger partial charge is 0.191 e. The predicted molar refractivity (Wildman–Crippen MR) is 117 cm³/mol. The van der Waals surface area contributed by atoms with Crippen molar-refractivity contribution in [1.29, 1.82) is 0 Å². The van der Waals surface area contributed by atoms with E-state index in [4.69, 9.17) is 14.2 Å². The van der Waals surface area contributed by atoms with Gasteiger partial charge in [-0.1, -0.05) is 12.1 Å². The summed E-state index contributed by atoms with van der Waals surface area (Å²) >= 11 is 0. The first-order valence-electron chi connectivity index (χ1n) is 10.3. The molecule has 8 heteroatoms. The van der Waals surface area contributed by atoms with Crippen molar-refractivity contribution < 1.29 is 14.2 Å². The molecule has 1 fully saturated rings. The van der Waals surface area contributed by atoms with Crippen LogP contribution in [0, 0.1) is 0 Å². The van der Waals surface area contributed by atoms with Gasteiger partial charge in [0.2, 0.25) is 0 Å². The Kier molecular flexibility index (Phi) is 10.8. The minimum absolute atomic E-state index is 0.243. The Hall–Kier alpha value is -1.87. The number of hydrogen-bond acceptors (Lipinski definition) is 6. The summed E-state index contributed by atoms with van der Waals surface area (Å²) in [5.41, 5.74) is 1.26. The Morgan fingerprint density at radius 3 is 2.52 bits per heavy atom. The van der Waals surface area contributed by atoms with Crippen molar-refractivity contribution >= 4 is 5.96 Å². The second-order valence-electron chi connectivity index (χ2n) is 7.11. The zero-order valence-corrected chi connectivity index (χ0v) is 18.3. The minimum Gasteiger partial charge on any atom is -0.497 e. The average Bonchev–Trinajstić information content (AvgIpc) is 2.77. The first-order chi connectivity index (χ1) is 14.2. The SMILES string of the molecule is CN=C(NCCN(C)CCOC)NCC(c1ccc(OC)cc1)N1CCOCC1. The molecule has 164 valence electrons. The summed E-state index contributed by atoms with van der Waals surface area (Å²) in [7, 11) is 7.32. The lowest BCUT2D eigenvalue weighted by molar-refractivity contribution is 0.0170. The van der Waals surface area contributed by atoms with Crippen LogP contribution in [0.15, 0.2) is 29.3 Å². The number of rotatable bonds is 11. The lowest BCUT2D eigenvalue weighted by Crippen LogP contribution is -2.47. The molecule has 0 saturated carbocycles. The Balaban J connectivity index is 1.91. The molecule has 1 saturated heterocycles. The topological polar surface area (TPSA) is 70.6 Å². The molecule has 0 aliphatic carbocycles. The Morgan fingerprint density at radius 2 is 1.90 bits per heavy atom. The van der Waals surface area contributed by atoms with Crippen LogP contribution < -0.4 is 15.4 Å². The van der Waals surface area contributed by atoms with Crippen LogP contribution in [0.3, 0.4) is 0 Å². The van der Waals surface area contributed by atoms with Crippen molar-refractivity contribution in [3.05, 3.63) is 29.8 Å². The predicted octanol–water partition coefficient (Wildman–Crippen LogP) is 0.812. The number of aliphatic imine (C=N–C) groups is 1. The van der Waals surface area contributed by atoms with E-state index in [1.54, 1.807) is 21.3 Å². The largest absolute Gasteiger partial charge is 0.497 e. The molecule has 1 aromatic rings. The molecule has 1 heterocycles. The number of morpholine rings is 1. The van der Waals surface area contributed by atoms with E-state index in [0.717, 1.165) is 70.8 Å². The number of hydrogen-bond donors (Lipinski definition) is 2. The van der Waals surface area contributed by atoms with Gasteiger partial charge in [-0.3, -0.25) is 9.89 Å². The van der Waals surface area contributed by atoms with E-state index in [0.29, 0.717) is 0 Å². The first kappa shape index (κ1) is 23.4. The standard InChI is InChI=1S/C21H37N5O3/c1-22-21(23-9-10-25(2)11-14-27-3)24-17-20(26-12-15-29-16-13-26)18-5-7-19(28-4)8-6-18/h5-8,20H,9-17H2,1-4H3,(H2,22,23,24). The highest BCUT2D eigenvalue weighted by molar-refractivity contribution is 5.79. The monoisotopic (exact) mass is 407 g/mol. The van der Waals surface area contributed by atoms with Gasteiger partial charge in [0.1, 0.15) is 5.75 Å². The van der Waals surface area contributed by atoms with Gasteiger partial charge in [-0.15, -0.1) is 0 Å². The van der Waals surface area contributed by atoms with E-state index < -0.39 is 0 Å². The lowest BCUT2D eigenvalue weighted by atomic mass is 10.0. The molecular weight excluding hydrogens is 370 g/mol. The fraction of sp³-hybridized carbons (Fsp3) is 0.667. The Morgan fingerprint density at radius 1 is 1.17 bits per heavy atom. The van der Waals surface area contributed by atoms with Crippen LogP contribution in [0.4, 0.5) is 0 Å². The van der Waals surface area contributed by atoms with Crippen molar-refractivity contribution in [1.82, 2.24) is 20.4 Å². The van der Waals surface area contributed by atoms with Crippen molar-refractivity contribution in [3.8, 4) is 5.75 Å². The Bertz CT molecular complexity index is 590. The summed E-state index contributed by atoms with van der Waals surface area (Å²) in [5, 5.41) is 6.89. The fourth-order valence-electron chi connectivity index (χ4n) is 3.31.